The number of halogens is 2. The van der Waals surface area contributed by atoms with E-state index in [1.54, 1.807) is 30.7 Å². The minimum atomic E-state index is -0.337. The SMILES string of the molecule is Cn1cncc1C(OCc1ccccc1-c1cc(Cl)cc(Cl)c1)c1ccc(C#N)cc1. The van der Waals surface area contributed by atoms with E-state index in [9.17, 15) is 0 Å². The molecule has 1 unspecified atom stereocenters. The van der Waals surface area contributed by atoms with E-state index in [4.69, 9.17) is 33.2 Å². The van der Waals surface area contributed by atoms with Gasteiger partial charge in [-0.3, -0.25) is 0 Å². The Labute approximate surface area is 191 Å². The van der Waals surface area contributed by atoms with E-state index >= 15 is 0 Å². The Morgan fingerprint density at radius 1 is 1.03 bits per heavy atom. The smallest absolute Gasteiger partial charge is 0.124 e. The third kappa shape index (κ3) is 4.81. The molecule has 0 saturated heterocycles. The molecule has 0 aliphatic carbocycles. The molecule has 6 heteroatoms. The molecule has 0 aliphatic heterocycles. The van der Waals surface area contributed by atoms with Crippen LogP contribution in [0, 0.1) is 11.3 Å². The molecular weight excluding hydrogens is 429 g/mol. The van der Waals surface area contributed by atoms with E-state index in [1.807, 2.05) is 60.1 Å². The third-order valence-electron chi connectivity index (χ3n) is 5.06. The van der Waals surface area contributed by atoms with Crippen LogP contribution in [0.1, 0.15) is 28.5 Å². The van der Waals surface area contributed by atoms with Crippen LogP contribution in [0.2, 0.25) is 10.0 Å². The van der Waals surface area contributed by atoms with Gasteiger partial charge in [0, 0.05) is 17.1 Å². The van der Waals surface area contributed by atoms with Crippen LogP contribution in [0.25, 0.3) is 11.1 Å². The zero-order valence-electron chi connectivity index (χ0n) is 16.8. The average molecular weight is 448 g/mol. The fourth-order valence-corrected chi connectivity index (χ4v) is 4.04. The highest BCUT2D eigenvalue weighted by molar-refractivity contribution is 6.35. The largest absolute Gasteiger partial charge is 0.362 e. The van der Waals surface area contributed by atoms with Crippen molar-refractivity contribution in [1.29, 1.82) is 5.26 Å². The molecule has 1 atom stereocenters. The van der Waals surface area contributed by atoms with Gasteiger partial charge in [-0.15, -0.1) is 0 Å². The van der Waals surface area contributed by atoms with Gasteiger partial charge in [0.05, 0.1) is 36.5 Å². The molecule has 0 aliphatic rings. The summed E-state index contributed by atoms with van der Waals surface area (Å²) in [5, 5.41) is 10.3. The summed E-state index contributed by atoms with van der Waals surface area (Å²) in [6.45, 7) is 0.371. The quantitative estimate of drug-likeness (QED) is 0.335. The van der Waals surface area contributed by atoms with Crippen LogP contribution in [0.3, 0.4) is 0 Å². The second-order valence-electron chi connectivity index (χ2n) is 7.17. The topological polar surface area (TPSA) is 50.8 Å². The van der Waals surface area contributed by atoms with Crippen LogP contribution in [-0.2, 0) is 18.4 Å². The zero-order chi connectivity index (χ0) is 21.8. The molecule has 0 bridgehead atoms. The van der Waals surface area contributed by atoms with Crippen molar-refractivity contribution in [2.45, 2.75) is 12.7 Å². The van der Waals surface area contributed by atoms with Gasteiger partial charge in [0.1, 0.15) is 6.10 Å². The monoisotopic (exact) mass is 447 g/mol. The summed E-state index contributed by atoms with van der Waals surface area (Å²) >= 11 is 12.4. The minimum absolute atomic E-state index is 0.337. The van der Waals surface area contributed by atoms with Crippen molar-refractivity contribution < 1.29 is 4.74 Å². The molecule has 0 N–H and O–H groups in total. The number of hydrogen-bond acceptors (Lipinski definition) is 3. The van der Waals surface area contributed by atoms with Crippen LogP contribution >= 0.6 is 23.2 Å². The summed E-state index contributed by atoms with van der Waals surface area (Å²) in [7, 11) is 1.93. The number of aromatic nitrogens is 2. The number of benzene rings is 3. The van der Waals surface area contributed by atoms with Gasteiger partial charge in [-0.1, -0.05) is 59.6 Å². The van der Waals surface area contributed by atoms with Gasteiger partial charge < -0.3 is 9.30 Å². The van der Waals surface area contributed by atoms with Gasteiger partial charge >= 0.3 is 0 Å². The summed E-state index contributed by atoms with van der Waals surface area (Å²) < 4.78 is 8.36. The molecule has 4 rings (SSSR count). The lowest BCUT2D eigenvalue weighted by Gasteiger charge is -2.20. The first kappa shape index (κ1) is 21.1. The second kappa shape index (κ2) is 9.36. The van der Waals surface area contributed by atoms with Crippen molar-refractivity contribution in [3.8, 4) is 17.2 Å². The van der Waals surface area contributed by atoms with Crippen molar-refractivity contribution >= 4 is 23.2 Å². The molecule has 4 nitrogen and oxygen atoms in total. The molecule has 0 amide bonds. The molecule has 1 aromatic heterocycles. The number of ether oxygens (including phenoxy) is 1. The third-order valence-corrected chi connectivity index (χ3v) is 5.50. The van der Waals surface area contributed by atoms with Gasteiger partial charge in [0.2, 0.25) is 0 Å². The summed E-state index contributed by atoms with van der Waals surface area (Å²) in [6.07, 6.45) is 3.21. The van der Waals surface area contributed by atoms with E-state index in [0.717, 1.165) is 27.9 Å². The molecule has 0 radical (unpaired) electrons. The van der Waals surface area contributed by atoms with E-state index in [2.05, 4.69) is 11.1 Å². The van der Waals surface area contributed by atoms with E-state index in [0.29, 0.717) is 22.2 Å². The molecule has 1 heterocycles. The van der Waals surface area contributed by atoms with Crippen LogP contribution in [0.4, 0.5) is 0 Å². The Morgan fingerprint density at radius 3 is 2.39 bits per heavy atom. The molecule has 4 aromatic rings. The molecular formula is C25H19Cl2N3O. The lowest BCUT2D eigenvalue weighted by Crippen LogP contribution is -2.11. The second-order valence-corrected chi connectivity index (χ2v) is 8.04. The normalized spacial score (nSPS) is 11.8. The zero-order valence-corrected chi connectivity index (χ0v) is 18.3. The van der Waals surface area contributed by atoms with Crippen molar-refractivity contribution in [1.82, 2.24) is 9.55 Å². The highest BCUT2D eigenvalue weighted by atomic mass is 35.5. The summed E-state index contributed by atoms with van der Waals surface area (Å²) in [6, 6.07) is 23.1. The van der Waals surface area contributed by atoms with E-state index in [1.165, 1.54) is 0 Å². The van der Waals surface area contributed by atoms with Crippen LogP contribution in [-0.4, -0.2) is 9.55 Å². The predicted molar refractivity (Wildman–Crippen MR) is 123 cm³/mol. The van der Waals surface area contributed by atoms with Crippen molar-refractivity contribution in [3.05, 3.63) is 112 Å². The highest BCUT2D eigenvalue weighted by Gasteiger charge is 2.19. The Kier molecular flexibility index (Phi) is 6.39. The summed E-state index contributed by atoms with van der Waals surface area (Å²) in [5.74, 6) is 0. The number of nitrogens with zero attached hydrogens (tertiary/aromatic N) is 3. The van der Waals surface area contributed by atoms with Gasteiger partial charge in [-0.05, 0) is 52.6 Å². The first-order chi connectivity index (χ1) is 15.0. The first-order valence-electron chi connectivity index (χ1n) is 9.67. The molecule has 154 valence electrons. The van der Waals surface area contributed by atoms with Crippen LogP contribution in [0.5, 0.6) is 0 Å². The maximum Gasteiger partial charge on any atom is 0.124 e. The number of rotatable bonds is 6. The first-order valence-corrected chi connectivity index (χ1v) is 10.4. The molecule has 3 aromatic carbocycles. The van der Waals surface area contributed by atoms with Gasteiger partial charge in [0.25, 0.3) is 0 Å². The summed E-state index contributed by atoms with van der Waals surface area (Å²) in [5.41, 5.74) is 5.44. The van der Waals surface area contributed by atoms with Gasteiger partial charge in [0.15, 0.2) is 0 Å². The number of aryl methyl sites for hydroxylation is 1. The minimum Gasteiger partial charge on any atom is -0.362 e. The van der Waals surface area contributed by atoms with E-state index in [-0.39, 0.29) is 6.10 Å². The lowest BCUT2D eigenvalue weighted by molar-refractivity contribution is 0.0624. The summed E-state index contributed by atoms with van der Waals surface area (Å²) in [4.78, 5) is 4.24. The van der Waals surface area contributed by atoms with Crippen molar-refractivity contribution in [3.63, 3.8) is 0 Å². The fourth-order valence-electron chi connectivity index (χ4n) is 3.52. The van der Waals surface area contributed by atoms with E-state index < -0.39 is 0 Å². The maximum atomic E-state index is 9.11. The number of nitriles is 1. The average Bonchev–Trinajstić information content (AvgIpc) is 3.19. The molecule has 31 heavy (non-hydrogen) atoms. The van der Waals surface area contributed by atoms with Crippen molar-refractivity contribution in [2.75, 3.05) is 0 Å². The van der Waals surface area contributed by atoms with Crippen LogP contribution < -0.4 is 0 Å². The maximum absolute atomic E-state index is 9.11. The van der Waals surface area contributed by atoms with Gasteiger partial charge in [-0.25, -0.2) is 4.98 Å². The Bertz CT molecular complexity index is 1220. The van der Waals surface area contributed by atoms with Crippen LogP contribution in [0.15, 0.2) is 79.3 Å². The van der Waals surface area contributed by atoms with Gasteiger partial charge in [-0.2, -0.15) is 5.26 Å². The van der Waals surface area contributed by atoms with Crippen molar-refractivity contribution in [2.24, 2.45) is 7.05 Å². The molecule has 0 fully saturated rings. The standard InChI is InChI=1S/C25H19Cl2N3O/c1-30-16-29-14-24(30)25(18-8-6-17(13-28)7-9-18)31-15-19-4-2-3-5-23(19)20-10-21(26)12-22(27)11-20/h2-12,14,16,25H,15H2,1H3. The molecule has 0 saturated carbocycles. The lowest BCUT2D eigenvalue weighted by atomic mass is 10.00. The highest BCUT2D eigenvalue weighted by Crippen LogP contribution is 2.32. The Hall–Kier alpha value is -3.10. The number of imidazole rings is 1. The fraction of sp³-hybridized carbons (Fsp3) is 0.120. The number of hydrogen-bond donors (Lipinski definition) is 0. The Balaban J connectivity index is 1.67. The Morgan fingerprint density at radius 2 is 1.74 bits per heavy atom. The molecule has 0 spiro atoms. The predicted octanol–water partition coefficient (Wildman–Crippen LogP) is 6.57.